The van der Waals surface area contributed by atoms with E-state index in [0.29, 0.717) is 24.1 Å². The van der Waals surface area contributed by atoms with Gasteiger partial charge in [-0.2, -0.15) is 0 Å². The highest BCUT2D eigenvalue weighted by molar-refractivity contribution is 7.89. The Morgan fingerprint density at radius 1 is 1.22 bits per heavy atom. The third-order valence-corrected chi connectivity index (χ3v) is 6.31. The van der Waals surface area contributed by atoms with Crippen molar-refractivity contribution in [1.29, 1.82) is 0 Å². The lowest BCUT2D eigenvalue weighted by Gasteiger charge is -2.15. The predicted molar refractivity (Wildman–Crippen MR) is 101 cm³/mol. The summed E-state index contributed by atoms with van der Waals surface area (Å²) in [7, 11) is -2.18. The number of rotatable bonds is 5. The number of nitrogens with one attached hydrogen (secondary N) is 1. The van der Waals surface area contributed by atoms with Crippen molar-refractivity contribution in [3.05, 3.63) is 58.1 Å². The lowest BCUT2D eigenvalue weighted by atomic mass is 10.0. The maximum Gasteiger partial charge on any atom is 0.419 e. The average Bonchev–Trinajstić information content (AvgIpc) is 3.18. The Balaban J connectivity index is 1.54. The van der Waals surface area contributed by atoms with Gasteiger partial charge in [0.2, 0.25) is 10.0 Å². The van der Waals surface area contributed by atoms with Crippen LogP contribution in [0.3, 0.4) is 0 Å². The number of oxazole rings is 1. The van der Waals surface area contributed by atoms with E-state index in [1.807, 2.05) is 19.1 Å². The van der Waals surface area contributed by atoms with Gasteiger partial charge in [0.15, 0.2) is 5.58 Å². The molecular weight excluding hydrogens is 368 g/mol. The Bertz CT molecular complexity index is 1180. The average molecular weight is 388 g/mol. The van der Waals surface area contributed by atoms with Crippen LogP contribution in [0.25, 0.3) is 11.1 Å². The maximum atomic E-state index is 12.7. The molecule has 0 saturated heterocycles. The molecule has 0 radical (unpaired) electrons. The first kappa shape index (κ1) is 17.8. The molecule has 1 unspecified atom stereocenters. The van der Waals surface area contributed by atoms with Crippen LogP contribution in [-0.2, 0) is 29.9 Å². The SMILES string of the molecule is CC(Cc1ccc2c(c1)CCO2)NS(=O)(=O)c1ccc2oc(=O)n(C)c2c1. The van der Waals surface area contributed by atoms with E-state index in [0.717, 1.165) is 23.3 Å². The van der Waals surface area contributed by atoms with Crippen molar-refractivity contribution < 1.29 is 17.6 Å². The zero-order valence-corrected chi connectivity index (χ0v) is 15.9. The summed E-state index contributed by atoms with van der Waals surface area (Å²) < 4.78 is 40.0. The van der Waals surface area contributed by atoms with Crippen LogP contribution < -0.4 is 15.2 Å². The summed E-state index contributed by atoms with van der Waals surface area (Å²) >= 11 is 0. The summed E-state index contributed by atoms with van der Waals surface area (Å²) in [5.74, 6) is 0.382. The molecule has 0 saturated carbocycles. The number of fused-ring (bicyclic) bond motifs is 2. The van der Waals surface area contributed by atoms with Crippen molar-refractivity contribution in [1.82, 2.24) is 9.29 Å². The summed E-state index contributed by atoms with van der Waals surface area (Å²) in [6.07, 6.45) is 1.45. The van der Waals surface area contributed by atoms with Crippen LogP contribution in [-0.4, -0.2) is 25.6 Å². The molecule has 3 aromatic rings. The van der Waals surface area contributed by atoms with Crippen molar-refractivity contribution in [3.63, 3.8) is 0 Å². The zero-order valence-electron chi connectivity index (χ0n) is 15.1. The van der Waals surface area contributed by atoms with Gasteiger partial charge in [0.05, 0.1) is 17.0 Å². The molecule has 142 valence electrons. The first-order valence-electron chi connectivity index (χ1n) is 8.70. The van der Waals surface area contributed by atoms with Gasteiger partial charge in [-0.15, -0.1) is 0 Å². The Kier molecular flexibility index (Phi) is 4.32. The second-order valence-corrected chi connectivity index (χ2v) is 8.54. The molecule has 2 heterocycles. The molecule has 0 aliphatic carbocycles. The van der Waals surface area contributed by atoms with Gasteiger partial charge in [0.1, 0.15) is 5.75 Å². The first-order chi connectivity index (χ1) is 12.8. The topological polar surface area (TPSA) is 90.5 Å². The fourth-order valence-corrected chi connectivity index (χ4v) is 4.63. The van der Waals surface area contributed by atoms with Crippen molar-refractivity contribution >= 4 is 21.1 Å². The molecule has 0 bridgehead atoms. The van der Waals surface area contributed by atoms with E-state index in [4.69, 9.17) is 9.15 Å². The van der Waals surface area contributed by atoms with Crippen LogP contribution in [0.15, 0.2) is 50.5 Å². The van der Waals surface area contributed by atoms with E-state index in [9.17, 15) is 13.2 Å². The minimum absolute atomic E-state index is 0.0978. The summed E-state index contributed by atoms with van der Waals surface area (Å²) in [6, 6.07) is 10.1. The maximum absolute atomic E-state index is 12.7. The van der Waals surface area contributed by atoms with Crippen LogP contribution >= 0.6 is 0 Å². The molecule has 7 nitrogen and oxygen atoms in total. The van der Waals surface area contributed by atoms with Gasteiger partial charge in [-0.1, -0.05) is 12.1 Å². The molecule has 27 heavy (non-hydrogen) atoms. The van der Waals surface area contributed by atoms with Crippen LogP contribution in [0.4, 0.5) is 0 Å². The van der Waals surface area contributed by atoms with Crippen molar-refractivity contribution in [3.8, 4) is 5.75 Å². The fourth-order valence-electron chi connectivity index (χ4n) is 3.37. The number of sulfonamides is 1. The smallest absolute Gasteiger partial charge is 0.419 e. The Morgan fingerprint density at radius 3 is 2.85 bits per heavy atom. The second-order valence-electron chi connectivity index (χ2n) is 6.82. The van der Waals surface area contributed by atoms with Crippen LogP contribution in [0, 0.1) is 0 Å². The molecule has 0 spiro atoms. The highest BCUT2D eigenvalue weighted by Crippen LogP contribution is 2.26. The first-order valence-corrected chi connectivity index (χ1v) is 10.2. The standard InChI is InChI=1S/C19H20N2O5S/c1-12(9-13-3-5-17-14(10-13)7-8-25-17)20-27(23,24)15-4-6-18-16(11-15)21(2)19(22)26-18/h3-6,10-12,20H,7-9H2,1-2H3. The summed E-state index contributed by atoms with van der Waals surface area (Å²) in [6.45, 7) is 2.52. The third-order valence-electron chi connectivity index (χ3n) is 4.73. The third kappa shape index (κ3) is 3.38. The van der Waals surface area contributed by atoms with E-state index in [1.54, 1.807) is 0 Å². The van der Waals surface area contributed by atoms with Gasteiger partial charge in [0, 0.05) is 19.5 Å². The van der Waals surface area contributed by atoms with Crippen molar-refractivity contribution in [2.45, 2.75) is 30.7 Å². The lowest BCUT2D eigenvalue weighted by molar-refractivity contribution is 0.357. The van der Waals surface area contributed by atoms with E-state index >= 15 is 0 Å². The predicted octanol–water partition coefficient (Wildman–Crippen LogP) is 1.98. The molecule has 1 atom stereocenters. The second kappa shape index (κ2) is 6.54. The largest absolute Gasteiger partial charge is 0.493 e. The zero-order chi connectivity index (χ0) is 19.2. The molecule has 8 heteroatoms. The lowest BCUT2D eigenvalue weighted by Crippen LogP contribution is -2.34. The summed E-state index contributed by atoms with van der Waals surface area (Å²) in [4.78, 5) is 11.7. The molecule has 2 aromatic carbocycles. The van der Waals surface area contributed by atoms with Crippen LogP contribution in [0.1, 0.15) is 18.1 Å². The van der Waals surface area contributed by atoms with Crippen LogP contribution in [0.2, 0.25) is 0 Å². The molecule has 0 fully saturated rings. The van der Waals surface area contributed by atoms with Gasteiger partial charge in [-0.25, -0.2) is 17.9 Å². The molecule has 1 aliphatic rings. The number of ether oxygens (including phenoxy) is 1. The van der Waals surface area contributed by atoms with Gasteiger partial charge >= 0.3 is 5.76 Å². The van der Waals surface area contributed by atoms with Gasteiger partial charge in [-0.3, -0.25) is 4.57 Å². The highest BCUT2D eigenvalue weighted by Gasteiger charge is 2.20. The number of hydrogen-bond acceptors (Lipinski definition) is 5. The molecular formula is C19H20N2O5S. The highest BCUT2D eigenvalue weighted by atomic mass is 32.2. The van der Waals surface area contributed by atoms with Crippen molar-refractivity contribution in [2.75, 3.05) is 6.61 Å². The normalized spacial score (nSPS) is 14.9. The fraction of sp³-hybridized carbons (Fsp3) is 0.316. The van der Waals surface area contributed by atoms with Gasteiger partial charge in [-0.05, 0) is 48.7 Å². The Labute approximate surface area is 156 Å². The minimum Gasteiger partial charge on any atom is -0.493 e. The monoisotopic (exact) mass is 388 g/mol. The summed E-state index contributed by atoms with van der Waals surface area (Å²) in [5.41, 5.74) is 3.01. The van der Waals surface area contributed by atoms with Gasteiger partial charge < -0.3 is 9.15 Å². The Hall–Kier alpha value is -2.58. The number of hydrogen-bond donors (Lipinski definition) is 1. The van der Waals surface area contributed by atoms with E-state index in [-0.39, 0.29) is 10.9 Å². The van der Waals surface area contributed by atoms with E-state index in [1.165, 1.54) is 29.8 Å². The van der Waals surface area contributed by atoms with Gasteiger partial charge in [0.25, 0.3) is 0 Å². The number of aromatic nitrogens is 1. The molecule has 4 rings (SSSR count). The quantitative estimate of drug-likeness (QED) is 0.722. The van der Waals surface area contributed by atoms with E-state index < -0.39 is 15.8 Å². The Morgan fingerprint density at radius 2 is 2.04 bits per heavy atom. The van der Waals surface area contributed by atoms with E-state index in [2.05, 4.69) is 10.8 Å². The minimum atomic E-state index is -3.72. The molecule has 1 aliphatic heterocycles. The number of nitrogens with zero attached hydrogens (tertiary/aromatic N) is 1. The van der Waals surface area contributed by atoms with Crippen LogP contribution in [0.5, 0.6) is 5.75 Å². The van der Waals surface area contributed by atoms with Crippen molar-refractivity contribution in [2.24, 2.45) is 7.05 Å². The summed E-state index contributed by atoms with van der Waals surface area (Å²) in [5, 5.41) is 0. The number of benzene rings is 2. The molecule has 0 amide bonds. The molecule has 1 N–H and O–H groups in total. The number of aryl methyl sites for hydroxylation is 1. The molecule has 1 aromatic heterocycles.